The number of aryl methyl sites for hydroxylation is 1. The Balaban J connectivity index is 2.33. The van der Waals surface area contributed by atoms with E-state index < -0.39 is 5.91 Å². The fraction of sp³-hybridized carbons (Fsp3) is 0.500. The highest BCUT2D eigenvalue weighted by Gasteiger charge is 2.02. The molecule has 0 aliphatic rings. The van der Waals surface area contributed by atoms with Crippen LogP contribution in [-0.2, 0) is 6.54 Å². The summed E-state index contributed by atoms with van der Waals surface area (Å²) in [4.78, 5) is 10.8. The van der Waals surface area contributed by atoms with Crippen LogP contribution in [0, 0.1) is 17.8 Å². The van der Waals surface area contributed by atoms with E-state index in [9.17, 15) is 4.79 Å². The van der Waals surface area contributed by atoms with Gasteiger partial charge < -0.3 is 5.73 Å². The number of aromatic nitrogens is 2. The summed E-state index contributed by atoms with van der Waals surface area (Å²) in [6, 6.07) is 0. The minimum absolute atomic E-state index is 0.422. The minimum Gasteiger partial charge on any atom is -0.366 e. The van der Waals surface area contributed by atoms with Gasteiger partial charge in [0.2, 0.25) is 0 Å². The molecule has 0 aliphatic heterocycles. The normalized spacial score (nSPS) is 9.94. The van der Waals surface area contributed by atoms with Crippen molar-refractivity contribution >= 4 is 5.91 Å². The predicted molar refractivity (Wildman–Crippen MR) is 62.6 cm³/mol. The van der Waals surface area contributed by atoms with Gasteiger partial charge in [-0.3, -0.25) is 9.48 Å². The lowest BCUT2D eigenvalue weighted by molar-refractivity contribution is 0.1000. The molecule has 1 rings (SSSR count). The molecule has 0 radical (unpaired) electrons. The summed E-state index contributed by atoms with van der Waals surface area (Å²) in [6.45, 7) is 4.90. The third-order valence-corrected chi connectivity index (χ3v) is 2.00. The van der Waals surface area contributed by atoms with Crippen LogP contribution in [0.15, 0.2) is 12.4 Å². The molecule has 0 aliphatic carbocycles. The average Bonchev–Trinajstić information content (AvgIpc) is 2.65. The third kappa shape index (κ3) is 4.18. The van der Waals surface area contributed by atoms with Gasteiger partial charge in [-0.25, -0.2) is 0 Å². The Labute approximate surface area is 95.8 Å². The van der Waals surface area contributed by atoms with Crippen LogP contribution in [0.25, 0.3) is 0 Å². The van der Waals surface area contributed by atoms with E-state index in [2.05, 4.69) is 30.8 Å². The molecule has 0 bridgehead atoms. The number of nitrogens with two attached hydrogens (primary N) is 1. The predicted octanol–water partition coefficient (Wildman–Crippen LogP) is 1.42. The number of hydrogen-bond donors (Lipinski definition) is 1. The number of hydrogen-bond acceptors (Lipinski definition) is 2. The molecule has 16 heavy (non-hydrogen) atoms. The van der Waals surface area contributed by atoms with E-state index in [0.29, 0.717) is 11.5 Å². The smallest absolute Gasteiger partial charge is 0.251 e. The molecular weight excluding hydrogens is 202 g/mol. The molecule has 0 atom stereocenters. The van der Waals surface area contributed by atoms with Crippen molar-refractivity contribution in [3.05, 3.63) is 18.0 Å². The highest BCUT2D eigenvalue weighted by atomic mass is 16.1. The number of nitrogens with zero attached hydrogens (tertiary/aromatic N) is 2. The van der Waals surface area contributed by atoms with Crippen LogP contribution in [0.1, 0.15) is 37.0 Å². The number of primary amides is 1. The van der Waals surface area contributed by atoms with Gasteiger partial charge in [-0.05, 0) is 6.42 Å². The molecule has 0 saturated carbocycles. The molecule has 4 nitrogen and oxygen atoms in total. The lowest BCUT2D eigenvalue weighted by atomic mass is 10.2. The van der Waals surface area contributed by atoms with Gasteiger partial charge in [0.15, 0.2) is 0 Å². The molecule has 0 unspecified atom stereocenters. The van der Waals surface area contributed by atoms with Gasteiger partial charge in [0.1, 0.15) is 0 Å². The van der Waals surface area contributed by atoms with Gasteiger partial charge in [-0.1, -0.05) is 13.8 Å². The monoisotopic (exact) mass is 219 g/mol. The van der Waals surface area contributed by atoms with Gasteiger partial charge in [0.25, 0.3) is 5.91 Å². The maximum Gasteiger partial charge on any atom is 0.251 e. The zero-order valence-corrected chi connectivity index (χ0v) is 9.73. The van der Waals surface area contributed by atoms with E-state index in [0.717, 1.165) is 19.4 Å². The van der Waals surface area contributed by atoms with Gasteiger partial charge in [0.05, 0.1) is 11.8 Å². The topological polar surface area (TPSA) is 60.9 Å². The number of amides is 1. The first kappa shape index (κ1) is 12.3. The van der Waals surface area contributed by atoms with Crippen molar-refractivity contribution in [1.82, 2.24) is 9.78 Å². The largest absolute Gasteiger partial charge is 0.366 e. The molecule has 0 fully saturated rings. The molecule has 1 amide bonds. The Bertz CT molecular complexity index is 409. The van der Waals surface area contributed by atoms with Crippen molar-refractivity contribution in [3.8, 4) is 11.8 Å². The Hall–Kier alpha value is -1.76. The van der Waals surface area contributed by atoms with Crippen LogP contribution in [0.4, 0.5) is 0 Å². The van der Waals surface area contributed by atoms with Crippen LogP contribution in [0.2, 0.25) is 0 Å². The van der Waals surface area contributed by atoms with Gasteiger partial charge >= 0.3 is 0 Å². The Morgan fingerprint density at radius 3 is 2.94 bits per heavy atom. The summed E-state index contributed by atoms with van der Waals surface area (Å²) in [5, 5.41) is 4.04. The van der Waals surface area contributed by atoms with Gasteiger partial charge in [0, 0.05) is 25.1 Å². The van der Waals surface area contributed by atoms with Crippen molar-refractivity contribution in [1.29, 1.82) is 0 Å². The second-order valence-electron chi connectivity index (χ2n) is 3.94. The van der Waals surface area contributed by atoms with Gasteiger partial charge in [-0.15, -0.1) is 11.8 Å². The summed E-state index contributed by atoms with van der Waals surface area (Å²) in [7, 11) is 0. The van der Waals surface area contributed by atoms with E-state index in [1.807, 2.05) is 0 Å². The molecule has 2 N–H and O–H groups in total. The van der Waals surface area contributed by atoms with Crippen molar-refractivity contribution in [2.75, 3.05) is 0 Å². The van der Waals surface area contributed by atoms with Crippen LogP contribution < -0.4 is 5.73 Å². The second-order valence-corrected chi connectivity index (χ2v) is 3.94. The first-order valence-electron chi connectivity index (χ1n) is 5.40. The van der Waals surface area contributed by atoms with Crippen LogP contribution in [-0.4, -0.2) is 15.7 Å². The highest BCUT2D eigenvalue weighted by Crippen LogP contribution is 1.99. The first-order chi connectivity index (χ1) is 7.59. The summed E-state index contributed by atoms with van der Waals surface area (Å²) >= 11 is 0. The Kier molecular flexibility index (Phi) is 4.59. The lowest BCUT2D eigenvalue weighted by Crippen LogP contribution is -2.09. The zero-order valence-electron chi connectivity index (χ0n) is 9.73. The molecule has 4 heteroatoms. The van der Waals surface area contributed by atoms with E-state index in [4.69, 9.17) is 5.73 Å². The summed E-state index contributed by atoms with van der Waals surface area (Å²) < 4.78 is 1.72. The average molecular weight is 219 g/mol. The highest BCUT2D eigenvalue weighted by molar-refractivity contribution is 5.92. The number of unbranched alkanes of at least 4 members (excludes halogenated alkanes) is 1. The number of rotatable bonds is 4. The summed E-state index contributed by atoms with van der Waals surface area (Å²) in [5.41, 5.74) is 5.57. The van der Waals surface area contributed by atoms with Crippen LogP contribution in [0.3, 0.4) is 0 Å². The standard InChI is InChI=1S/C12H17N3O/c1-10(2)6-4-3-5-7-15-9-11(8-14-15)12(13)16/h8-10H,3,5,7H2,1-2H3,(H2,13,16). The first-order valence-corrected chi connectivity index (χ1v) is 5.40. The van der Waals surface area contributed by atoms with Crippen molar-refractivity contribution in [2.24, 2.45) is 11.7 Å². The Morgan fingerprint density at radius 1 is 1.62 bits per heavy atom. The summed E-state index contributed by atoms with van der Waals surface area (Å²) in [6.07, 6.45) is 4.93. The number of carbonyl (C=O) groups excluding carboxylic acids is 1. The quantitative estimate of drug-likeness (QED) is 0.615. The maximum absolute atomic E-state index is 10.8. The second kappa shape index (κ2) is 5.96. The van der Waals surface area contributed by atoms with E-state index in [1.165, 1.54) is 6.20 Å². The zero-order chi connectivity index (χ0) is 12.0. The van der Waals surface area contributed by atoms with Crippen LogP contribution >= 0.6 is 0 Å². The van der Waals surface area contributed by atoms with Crippen molar-refractivity contribution < 1.29 is 4.79 Å². The minimum atomic E-state index is -0.439. The van der Waals surface area contributed by atoms with Crippen molar-refractivity contribution in [2.45, 2.75) is 33.2 Å². The molecule has 1 aromatic rings. The molecule has 0 saturated heterocycles. The number of carbonyl (C=O) groups is 1. The molecule has 1 aromatic heterocycles. The maximum atomic E-state index is 10.8. The van der Waals surface area contributed by atoms with E-state index in [-0.39, 0.29) is 0 Å². The lowest BCUT2D eigenvalue weighted by Gasteiger charge is -1.97. The van der Waals surface area contributed by atoms with Gasteiger partial charge in [-0.2, -0.15) is 5.10 Å². The molecule has 0 aromatic carbocycles. The van der Waals surface area contributed by atoms with Crippen molar-refractivity contribution in [3.63, 3.8) is 0 Å². The molecule has 0 spiro atoms. The van der Waals surface area contributed by atoms with E-state index >= 15 is 0 Å². The molecule has 1 heterocycles. The fourth-order valence-electron chi connectivity index (χ4n) is 1.22. The SMILES string of the molecule is CC(C)C#CCCCn1cc(C(N)=O)cn1. The van der Waals surface area contributed by atoms with E-state index in [1.54, 1.807) is 10.9 Å². The molecular formula is C12H17N3O. The van der Waals surface area contributed by atoms with Crippen LogP contribution in [0.5, 0.6) is 0 Å². The Morgan fingerprint density at radius 2 is 2.38 bits per heavy atom. The fourth-order valence-corrected chi connectivity index (χ4v) is 1.22. The molecule has 86 valence electrons. The third-order valence-electron chi connectivity index (χ3n) is 2.00. The summed E-state index contributed by atoms with van der Waals surface area (Å²) in [5.74, 6) is 6.19.